The van der Waals surface area contributed by atoms with Gasteiger partial charge in [0, 0.05) is 42.2 Å². The normalized spacial score (nSPS) is 13.0. The number of aliphatic carboxylic acids is 1. The van der Waals surface area contributed by atoms with Gasteiger partial charge in [0.15, 0.2) is 0 Å². The molecule has 13 heteroatoms. The summed E-state index contributed by atoms with van der Waals surface area (Å²) >= 11 is 0. The zero-order chi connectivity index (χ0) is 38.8. The highest BCUT2D eigenvalue weighted by Crippen LogP contribution is 2.21. The minimum absolute atomic E-state index is 0.00675. The summed E-state index contributed by atoms with van der Waals surface area (Å²) in [4.78, 5) is 69.5. The molecule has 54 heavy (non-hydrogen) atoms. The van der Waals surface area contributed by atoms with Crippen LogP contribution in [-0.4, -0.2) is 70.1 Å². The number of rotatable bonds is 15. The van der Waals surface area contributed by atoms with Crippen LogP contribution in [0.1, 0.15) is 43.9 Å². The number of hydrogen-bond donors (Lipinski definition) is 7. The fraction of sp³-hybridized carbons (Fsp3) is 0.293. The molecule has 0 saturated heterocycles. The number of carboxylic acid groups (broad SMARTS) is 1. The number of carbonyl (C=O) groups is 5. The van der Waals surface area contributed by atoms with Crippen molar-refractivity contribution in [2.75, 3.05) is 12.3 Å². The molecule has 13 nitrogen and oxygen atoms in total. The van der Waals surface area contributed by atoms with Gasteiger partial charge in [-0.15, -0.1) is 0 Å². The number of benzene rings is 4. The first-order valence-electron chi connectivity index (χ1n) is 17.7. The van der Waals surface area contributed by atoms with Crippen LogP contribution in [0.3, 0.4) is 0 Å². The molecule has 0 unspecified atom stereocenters. The number of nitrogens with one attached hydrogen (secondary N) is 5. The van der Waals surface area contributed by atoms with Crippen molar-refractivity contribution < 1.29 is 33.8 Å². The average molecular weight is 735 g/mol. The van der Waals surface area contributed by atoms with Gasteiger partial charge in [-0.3, -0.25) is 19.2 Å². The Morgan fingerprint density at radius 3 is 2.07 bits per heavy atom. The van der Waals surface area contributed by atoms with E-state index in [2.05, 4.69) is 26.3 Å². The summed E-state index contributed by atoms with van der Waals surface area (Å²) in [5.74, 6) is -3.46. The third-order valence-electron chi connectivity index (χ3n) is 8.70. The van der Waals surface area contributed by atoms with Crippen molar-refractivity contribution in [3.05, 3.63) is 114 Å². The fourth-order valence-corrected chi connectivity index (χ4v) is 6.06. The Balaban J connectivity index is 1.39. The smallest absolute Gasteiger partial charge is 0.408 e. The first-order valence-corrected chi connectivity index (χ1v) is 17.7. The second-order valence-corrected chi connectivity index (χ2v) is 14.2. The van der Waals surface area contributed by atoms with E-state index in [0.717, 1.165) is 32.8 Å². The molecule has 3 atom stereocenters. The van der Waals surface area contributed by atoms with Crippen molar-refractivity contribution in [3.63, 3.8) is 0 Å². The largest absolute Gasteiger partial charge is 0.481 e. The maximum atomic E-state index is 14.2. The Morgan fingerprint density at radius 2 is 1.37 bits per heavy atom. The van der Waals surface area contributed by atoms with Crippen LogP contribution < -0.4 is 27.0 Å². The minimum Gasteiger partial charge on any atom is -0.481 e. The summed E-state index contributed by atoms with van der Waals surface area (Å²) in [7, 11) is 0. The summed E-state index contributed by atoms with van der Waals surface area (Å²) in [6.45, 7) is 5.28. The molecule has 0 aliphatic carbocycles. The molecule has 1 aromatic heterocycles. The van der Waals surface area contributed by atoms with E-state index in [1.807, 2.05) is 78.9 Å². The minimum atomic E-state index is -1.45. The number of aromatic nitrogens is 1. The summed E-state index contributed by atoms with van der Waals surface area (Å²) in [6, 6.07) is 24.0. The quantitative estimate of drug-likeness (QED) is 0.0767. The van der Waals surface area contributed by atoms with Crippen LogP contribution in [0.15, 0.2) is 97.2 Å². The van der Waals surface area contributed by atoms with Crippen LogP contribution in [0.2, 0.25) is 0 Å². The Kier molecular flexibility index (Phi) is 12.5. The van der Waals surface area contributed by atoms with Gasteiger partial charge in [0.2, 0.25) is 17.7 Å². The number of carboxylic acids is 1. The number of nitrogens with two attached hydrogens (primary N) is 1. The van der Waals surface area contributed by atoms with Gasteiger partial charge in [-0.2, -0.15) is 0 Å². The van der Waals surface area contributed by atoms with E-state index in [0.29, 0.717) is 17.7 Å². The number of para-hydroxylation sites is 1. The molecule has 0 fully saturated rings. The molecule has 4 aromatic carbocycles. The molecule has 0 spiro atoms. The molecule has 1 heterocycles. The van der Waals surface area contributed by atoms with E-state index in [-0.39, 0.29) is 19.4 Å². The Labute approximate surface area is 313 Å². The molecule has 5 rings (SSSR count). The van der Waals surface area contributed by atoms with E-state index in [9.17, 15) is 29.1 Å². The van der Waals surface area contributed by atoms with Gasteiger partial charge in [-0.1, -0.05) is 72.8 Å². The highest BCUT2D eigenvalue weighted by molar-refractivity contribution is 5.96. The maximum Gasteiger partial charge on any atom is 0.408 e. The predicted molar refractivity (Wildman–Crippen MR) is 206 cm³/mol. The van der Waals surface area contributed by atoms with E-state index in [1.165, 1.54) is 0 Å². The lowest BCUT2D eigenvalue weighted by atomic mass is 9.99. The van der Waals surface area contributed by atoms with Crippen LogP contribution in [-0.2, 0) is 43.2 Å². The van der Waals surface area contributed by atoms with Crippen molar-refractivity contribution in [2.45, 2.75) is 70.2 Å². The molecule has 282 valence electrons. The van der Waals surface area contributed by atoms with Gasteiger partial charge in [0.1, 0.15) is 23.7 Å². The van der Waals surface area contributed by atoms with Gasteiger partial charge >= 0.3 is 12.1 Å². The van der Waals surface area contributed by atoms with Crippen LogP contribution in [0.5, 0.6) is 0 Å². The van der Waals surface area contributed by atoms with Gasteiger partial charge in [-0.05, 0) is 72.9 Å². The number of fused-ring (bicyclic) bond motifs is 2. The van der Waals surface area contributed by atoms with Crippen molar-refractivity contribution in [1.29, 1.82) is 0 Å². The summed E-state index contributed by atoms with van der Waals surface area (Å²) in [5.41, 5.74) is 8.70. The highest BCUT2D eigenvalue weighted by atomic mass is 16.6. The van der Waals surface area contributed by atoms with E-state index in [4.69, 9.17) is 10.5 Å². The molecule has 5 aromatic rings. The number of alkyl carbamates (subject to hydrolysis) is 1. The molecule has 0 aliphatic heterocycles. The van der Waals surface area contributed by atoms with Crippen LogP contribution in [0.4, 0.5) is 10.5 Å². The Morgan fingerprint density at radius 1 is 0.741 bits per heavy atom. The molecule has 8 N–H and O–H groups in total. The molecule has 0 aliphatic rings. The second kappa shape index (κ2) is 17.4. The van der Waals surface area contributed by atoms with E-state index in [1.54, 1.807) is 39.1 Å². The number of nitrogen functional groups attached to an aromatic ring is 1. The predicted octanol–water partition coefficient (Wildman–Crippen LogP) is 4.39. The SMILES string of the molecule is CC(C)(C)OC(=O)N[C@@H](Cc1c[nH]c2ccccc12)C(=O)N[C@H](Cc1ccc2ccccc2c1)C(=O)N[C@H](CC(=O)O)C(=O)NCCc1ccc(N)cc1. The molecule has 0 radical (unpaired) electrons. The zero-order valence-electron chi connectivity index (χ0n) is 30.5. The number of hydrogen-bond acceptors (Lipinski definition) is 7. The van der Waals surface area contributed by atoms with Gasteiger partial charge in [0.05, 0.1) is 6.42 Å². The molecule has 0 saturated carbocycles. The fourth-order valence-electron chi connectivity index (χ4n) is 6.06. The molecule has 4 amide bonds. The Hall–Kier alpha value is -6.37. The number of carbonyl (C=O) groups excluding carboxylic acids is 4. The Bertz CT molecular complexity index is 2120. The topological polar surface area (TPSA) is 205 Å². The number of amides is 4. The third kappa shape index (κ3) is 11.1. The number of H-pyrrole nitrogens is 1. The van der Waals surface area contributed by atoms with Gasteiger partial charge in [-0.25, -0.2) is 4.79 Å². The monoisotopic (exact) mass is 734 g/mol. The van der Waals surface area contributed by atoms with Crippen molar-refractivity contribution in [1.82, 2.24) is 26.3 Å². The van der Waals surface area contributed by atoms with Crippen LogP contribution in [0.25, 0.3) is 21.7 Å². The van der Waals surface area contributed by atoms with Gasteiger partial charge < -0.3 is 41.8 Å². The van der Waals surface area contributed by atoms with Crippen LogP contribution in [0, 0.1) is 0 Å². The molecular weight excluding hydrogens is 688 g/mol. The van der Waals surface area contributed by atoms with E-state index >= 15 is 0 Å². The first-order chi connectivity index (χ1) is 25.7. The van der Waals surface area contributed by atoms with Crippen molar-refractivity contribution in [2.24, 2.45) is 0 Å². The highest BCUT2D eigenvalue weighted by Gasteiger charge is 2.32. The summed E-state index contributed by atoms with van der Waals surface area (Å²) < 4.78 is 5.47. The number of ether oxygens (including phenoxy) is 1. The van der Waals surface area contributed by atoms with Crippen LogP contribution >= 0.6 is 0 Å². The lowest BCUT2D eigenvalue weighted by Crippen LogP contribution is -2.58. The lowest BCUT2D eigenvalue weighted by molar-refractivity contribution is -0.141. The number of aromatic amines is 1. The second-order valence-electron chi connectivity index (χ2n) is 14.2. The lowest BCUT2D eigenvalue weighted by Gasteiger charge is -2.26. The molecule has 0 bridgehead atoms. The zero-order valence-corrected chi connectivity index (χ0v) is 30.5. The third-order valence-corrected chi connectivity index (χ3v) is 8.70. The average Bonchev–Trinajstić information content (AvgIpc) is 3.53. The number of anilines is 1. The maximum absolute atomic E-state index is 14.2. The van der Waals surface area contributed by atoms with E-state index < -0.39 is 59.9 Å². The van der Waals surface area contributed by atoms with Crippen molar-refractivity contribution >= 4 is 57.1 Å². The van der Waals surface area contributed by atoms with Gasteiger partial charge in [0.25, 0.3) is 0 Å². The summed E-state index contributed by atoms with van der Waals surface area (Å²) in [6.07, 6.45) is 0.728. The standard InChI is InChI=1S/C41H46N6O7/c1-41(2,3)54-40(53)47-34(22-29-24-44-32-11-7-6-10-31(29)32)39(52)45-33(21-26-12-15-27-8-4-5-9-28(27)20-26)38(51)46-35(23-36(48)49)37(50)43-19-18-25-13-16-30(42)17-14-25/h4-17,20,24,33-35,44H,18-19,21-23,42H2,1-3H3,(H,43,50)(H,45,52)(H,46,51)(H,47,53)(H,48,49)/t33-,34+,35-/m1/s1. The summed E-state index contributed by atoms with van der Waals surface area (Å²) in [5, 5.41) is 23.1. The van der Waals surface area contributed by atoms with Crippen molar-refractivity contribution in [3.8, 4) is 0 Å². The first kappa shape index (κ1) is 38.9. The molecular formula is C41H46N6O7.